The molecule has 0 spiro atoms. The van der Waals surface area contributed by atoms with Crippen LogP contribution < -0.4 is 0 Å². The van der Waals surface area contributed by atoms with Crippen molar-refractivity contribution in [3.63, 3.8) is 0 Å². The molecule has 5 rings (SSSR count). The largest absolute Gasteiger partial charge is 0.481 e. The van der Waals surface area contributed by atoms with Crippen LogP contribution in [0.1, 0.15) is 47.2 Å². The number of carboxylic acid groups (broad SMARTS) is 2. The first-order chi connectivity index (χ1) is 18.1. The Morgan fingerprint density at radius 1 is 0.474 bits per heavy atom. The predicted molar refractivity (Wildman–Crippen MR) is 149 cm³/mol. The molecule has 1 saturated carbocycles. The first kappa shape index (κ1) is 25.5. The summed E-state index contributed by atoms with van der Waals surface area (Å²) >= 11 is 0. The lowest BCUT2D eigenvalue weighted by molar-refractivity contribution is -0.199. The first-order valence-corrected chi connectivity index (χ1v) is 12.8. The molecular weight excluding hydrogens is 472 g/mol. The molecule has 1 aliphatic carbocycles. The quantitative estimate of drug-likeness (QED) is 0.311. The minimum absolute atomic E-state index is 0.575. The second-order valence-electron chi connectivity index (χ2n) is 10.8. The lowest BCUT2D eigenvalue weighted by atomic mass is 9.20. The van der Waals surface area contributed by atoms with E-state index in [0.717, 1.165) is 11.1 Å². The number of aliphatic carboxylic acids is 2. The number of rotatable bonds is 6. The van der Waals surface area contributed by atoms with Crippen molar-refractivity contribution >= 4 is 11.9 Å². The minimum atomic E-state index is -1.62. The van der Waals surface area contributed by atoms with E-state index in [-0.39, 0.29) is 0 Å². The molecule has 0 amide bonds. The Kier molecular flexibility index (Phi) is 5.83. The highest BCUT2D eigenvalue weighted by atomic mass is 16.4. The number of benzene rings is 4. The normalized spacial score (nSPS) is 28.3. The summed E-state index contributed by atoms with van der Waals surface area (Å²) in [7, 11) is 0. The zero-order valence-electron chi connectivity index (χ0n) is 22.1. The molecule has 0 aromatic heterocycles. The first-order valence-electron chi connectivity index (χ1n) is 12.8. The van der Waals surface area contributed by atoms with Crippen LogP contribution in [0.2, 0.25) is 0 Å². The summed E-state index contributed by atoms with van der Waals surface area (Å²) < 4.78 is 0. The Hall–Kier alpha value is -4.18. The zero-order chi connectivity index (χ0) is 27.3. The SMILES string of the molecule is Cc1ccc(C2(C)C(C(=O)O)(c3ccccc3)C(C)(c3ccc(C)cc3)C2(C(=O)O)c2ccccc2)cc1. The third kappa shape index (κ3) is 2.80. The monoisotopic (exact) mass is 504 g/mol. The smallest absolute Gasteiger partial charge is 0.316 e. The van der Waals surface area contributed by atoms with Gasteiger partial charge < -0.3 is 10.2 Å². The average molecular weight is 505 g/mol. The molecule has 38 heavy (non-hydrogen) atoms. The van der Waals surface area contributed by atoms with Crippen molar-refractivity contribution in [1.29, 1.82) is 0 Å². The van der Waals surface area contributed by atoms with Crippen LogP contribution in [0.25, 0.3) is 0 Å². The molecule has 0 atom stereocenters. The van der Waals surface area contributed by atoms with Gasteiger partial charge in [0.05, 0.1) is 0 Å². The highest BCUT2D eigenvalue weighted by molar-refractivity contribution is 6.02. The standard InChI is InChI=1S/C34H32O4/c1-23-15-19-25(20-16-23)31(3)33(29(35)36,27-11-7-5-8-12-27)32(4,26-21-17-24(2)18-22-26)34(31,30(37)38)28-13-9-6-10-14-28/h5-22H,1-4H3,(H,35,36)(H,37,38). The van der Waals surface area contributed by atoms with Crippen LogP contribution in [-0.2, 0) is 31.2 Å². The summed E-state index contributed by atoms with van der Waals surface area (Å²) in [6.07, 6.45) is 0. The lowest BCUT2D eigenvalue weighted by Gasteiger charge is -2.77. The Morgan fingerprint density at radius 2 is 0.763 bits per heavy atom. The van der Waals surface area contributed by atoms with Gasteiger partial charge in [-0.15, -0.1) is 0 Å². The van der Waals surface area contributed by atoms with Crippen LogP contribution in [-0.4, -0.2) is 22.2 Å². The maximum Gasteiger partial charge on any atom is 0.316 e. The van der Waals surface area contributed by atoms with Gasteiger partial charge in [-0.3, -0.25) is 9.59 Å². The van der Waals surface area contributed by atoms with E-state index in [1.165, 1.54) is 0 Å². The van der Waals surface area contributed by atoms with Crippen molar-refractivity contribution in [3.05, 3.63) is 143 Å². The van der Waals surface area contributed by atoms with Crippen molar-refractivity contribution < 1.29 is 19.8 Å². The summed E-state index contributed by atoms with van der Waals surface area (Å²) in [5.74, 6) is -2.11. The van der Waals surface area contributed by atoms with Crippen LogP contribution >= 0.6 is 0 Å². The van der Waals surface area contributed by atoms with Crippen molar-refractivity contribution in [2.75, 3.05) is 0 Å². The van der Waals surface area contributed by atoms with Gasteiger partial charge in [0.25, 0.3) is 0 Å². The molecule has 4 aromatic carbocycles. The Morgan fingerprint density at radius 3 is 1.03 bits per heavy atom. The molecule has 192 valence electrons. The molecule has 2 N–H and O–H groups in total. The van der Waals surface area contributed by atoms with Crippen LogP contribution in [0.5, 0.6) is 0 Å². The third-order valence-electron chi connectivity index (χ3n) is 9.31. The van der Waals surface area contributed by atoms with Crippen LogP contribution in [0.15, 0.2) is 109 Å². The number of hydrogen-bond acceptors (Lipinski definition) is 2. The van der Waals surface area contributed by atoms with Gasteiger partial charge >= 0.3 is 11.9 Å². The Bertz CT molecular complexity index is 1360. The van der Waals surface area contributed by atoms with E-state index >= 15 is 0 Å². The Balaban J connectivity index is 2.05. The summed E-state index contributed by atoms with van der Waals surface area (Å²) in [5.41, 5.74) is -1.49. The summed E-state index contributed by atoms with van der Waals surface area (Å²) in [5, 5.41) is 22.8. The lowest BCUT2D eigenvalue weighted by Crippen LogP contribution is -2.90. The van der Waals surface area contributed by atoms with Gasteiger partial charge in [-0.1, -0.05) is 134 Å². The molecule has 1 aliphatic rings. The fraction of sp³-hybridized carbons (Fsp3) is 0.235. The molecule has 0 unspecified atom stereocenters. The molecule has 0 aliphatic heterocycles. The molecule has 4 heteroatoms. The molecular formula is C34H32O4. The van der Waals surface area contributed by atoms with Crippen LogP contribution in [0.3, 0.4) is 0 Å². The Labute approximate surface area is 223 Å². The van der Waals surface area contributed by atoms with Crippen molar-refractivity contribution in [2.45, 2.75) is 49.4 Å². The van der Waals surface area contributed by atoms with E-state index in [1.807, 2.05) is 137 Å². The molecule has 1 fully saturated rings. The van der Waals surface area contributed by atoms with Gasteiger partial charge in [0, 0.05) is 10.8 Å². The van der Waals surface area contributed by atoms with Crippen molar-refractivity contribution in [3.8, 4) is 0 Å². The van der Waals surface area contributed by atoms with Gasteiger partial charge in [0.1, 0.15) is 10.8 Å². The van der Waals surface area contributed by atoms with Gasteiger partial charge in [-0.2, -0.15) is 0 Å². The molecule has 0 bridgehead atoms. The van der Waals surface area contributed by atoms with E-state index in [2.05, 4.69) is 0 Å². The summed E-state index contributed by atoms with van der Waals surface area (Å²) in [6.45, 7) is 7.59. The fourth-order valence-corrected chi connectivity index (χ4v) is 7.77. The van der Waals surface area contributed by atoms with E-state index in [1.54, 1.807) is 0 Å². The van der Waals surface area contributed by atoms with Gasteiger partial charge in [0.2, 0.25) is 0 Å². The number of carbonyl (C=O) groups is 2. The maximum atomic E-state index is 14.0. The van der Waals surface area contributed by atoms with Crippen LogP contribution in [0.4, 0.5) is 0 Å². The van der Waals surface area contributed by atoms with E-state index in [4.69, 9.17) is 0 Å². The van der Waals surface area contributed by atoms with Crippen molar-refractivity contribution in [2.24, 2.45) is 0 Å². The molecule has 4 nitrogen and oxygen atoms in total. The summed E-state index contributed by atoms with van der Waals surface area (Å²) in [4.78, 5) is 27.9. The fourth-order valence-electron chi connectivity index (χ4n) is 7.77. The number of aryl methyl sites for hydroxylation is 2. The molecule has 0 saturated heterocycles. The molecule has 4 aromatic rings. The predicted octanol–water partition coefficient (Wildman–Crippen LogP) is 6.58. The minimum Gasteiger partial charge on any atom is -0.481 e. The maximum absolute atomic E-state index is 14.0. The van der Waals surface area contributed by atoms with Gasteiger partial charge in [0.15, 0.2) is 0 Å². The average Bonchev–Trinajstić information content (AvgIpc) is 2.90. The topological polar surface area (TPSA) is 74.6 Å². The number of carboxylic acids is 2. The van der Waals surface area contributed by atoms with E-state index in [9.17, 15) is 19.8 Å². The van der Waals surface area contributed by atoms with Crippen LogP contribution in [0, 0.1) is 13.8 Å². The highest BCUT2D eigenvalue weighted by Crippen LogP contribution is 2.79. The second-order valence-corrected chi connectivity index (χ2v) is 10.8. The molecule has 0 radical (unpaired) electrons. The van der Waals surface area contributed by atoms with Gasteiger partial charge in [-0.25, -0.2) is 0 Å². The molecule has 0 heterocycles. The third-order valence-corrected chi connectivity index (χ3v) is 9.31. The van der Waals surface area contributed by atoms with E-state index < -0.39 is 33.6 Å². The summed E-state index contributed by atoms with van der Waals surface area (Å²) in [6, 6.07) is 33.6. The number of hydrogen-bond donors (Lipinski definition) is 2. The zero-order valence-corrected chi connectivity index (χ0v) is 22.1. The van der Waals surface area contributed by atoms with Crippen molar-refractivity contribution in [1.82, 2.24) is 0 Å². The highest BCUT2D eigenvalue weighted by Gasteiger charge is 2.91. The second kappa shape index (κ2) is 8.70. The van der Waals surface area contributed by atoms with E-state index in [0.29, 0.717) is 22.3 Å². The van der Waals surface area contributed by atoms with Gasteiger partial charge in [-0.05, 0) is 36.1 Å².